The first-order valence-electron chi connectivity index (χ1n) is 8.11. The number of nitrogens with two attached hydrogens (primary N) is 1. The van der Waals surface area contributed by atoms with Crippen molar-refractivity contribution < 1.29 is 9.53 Å². The maximum absolute atomic E-state index is 12.2. The summed E-state index contributed by atoms with van der Waals surface area (Å²) in [4.78, 5) is 12.2. The fraction of sp³-hybridized carbons (Fsp3) is 0.611. The van der Waals surface area contributed by atoms with E-state index in [9.17, 15) is 4.79 Å². The lowest BCUT2D eigenvalue weighted by molar-refractivity contribution is -0.122. The van der Waals surface area contributed by atoms with Crippen LogP contribution in [0.1, 0.15) is 46.1 Å². The van der Waals surface area contributed by atoms with Crippen molar-refractivity contribution in [2.24, 2.45) is 11.7 Å². The smallest absolute Gasteiger partial charge is 0.220 e. The molecule has 0 aliphatic rings. The van der Waals surface area contributed by atoms with Crippen molar-refractivity contribution in [2.75, 3.05) is 13.2 Å². The molecule has 4 heteroatoms. The summed E-state index contributed by atoms with van der Waals surface area (Å²) in [6, 6.07) is 7.90. The van der Waals surface area contributed by atoms with Crippen molar-refractivity contribution in [1.82, 2.24) is 5.32 Å². The van der Waals surface area contributed by atoms with Crippen molar-refractivity contribution >= 4 is 5.91 Å². The van der Waals surface area contributed by atoms with E-state index in [4.69, 9.17) is 10.5 Å². The lowest BCUT2D eigenvalue weighted by atomic mass is 9.90. The zero-order valence-electron chi connectivity index (χ0n) is 14.3. The molecule has 0 bridgehead atoms. The van der Waals surface area contributed by atoms with Gasteiger partial charge in [-0.25, -0.2) is 0 Å². The number of benzene rings is 1. The first kappa shape index (κ1) is 18.5. The standard InChI is InChI=1S/C18H30N2O2/c1-5-22-16-9-6-15(7-10-16)8-11-17(21)20-18(4,13-19)12-14(2)3/h6-7,9-10,14H,5,8,11-13,19H2,1-4H3,(H,20,21). The van der Waals surface area contributed by atoms with Crippen LogP contribution in [0.4, 0.5) is 0 Å². The third kappa shape index (κ3) is 6.48. The van der Waals surface area contributed by atoms with E-state index in [1.165, 1.54) is 0 Å². The second-order valence-electron chi connectivity index (χ2n) is 6.49. The summed E-state index contributed by atoms with van der Waals surface area (Å²) in [6.45, 7) is 9.38. The van der Waals surface area contributed by atoms with Crippen LogP contribution in [0.15, 0.2) is 24.3 Å². The van der Waals surface area contributed by atoms with Crippen LogP contribution in [0.5, 0.6) is 5.75 Å². The van der Waals surface area contributed by atoms with Crippen LogP contribution in [0.25, 0.3) is 0 Å². The average molecular weight is 306 g/mol. The minimum Gasteiger partial charge on any atom is -0.494 e. The Kier molecular flexibility index (Phi) is 7.39. The van der Waals surface area contributed by atoms with Crippen LogP contribution in [0.2, 0.25) is 0 Å². The van der Waals surface area contributed by atoms with Crippen molar-refractivity contribution in [3.63, 3.8) is 0 Å². The minimum atomic E-state index is -0.315. The van der Waals surface area contributed by atoms with Gasteiger partial charge >= 0.3 is 0 Å². The van der Waals surface area contributed by atoms with Gasteiger partial charge in [0.2, 0.25) is 5.91 Å². The second kappa shape index (κ2) is 8.79. The first-order valence-corrected chi connectivity index (χ1v) is 8.11. The summed E-state index contributed by atoms with van der Waals surface area (Å²) in [5.41, 5.74) is 6.65. The van der Waals surface area contributed by atoms with Crippen LogP contribution in [-0.2, 0) is 11.2 Å². The third-order valence-electron chi connectivity index (χ3n) is 3.63. The summed E-state index contributed by atoms with van der Waals surface area (Å²) < 4.78 is 5.41. The number of rotatable bonds is 9. The molecule has 4 nitrogen and oxygen atoms in total. The van der Waals surface area contributed by atoms with Crippen LogP contribution < -0.4 is 15.8 Å². The van der Waals surface area contributed by atoms with E-state index < -0.39 is 0 Å². The number of ether oxygens (including phenoxy) is 1. The number of hydrogen-bond donors (Lipinski definition) is 2. The fourth-order valence-electron chi connectivity index (χ4n) is 2.66. The summed E-state index contributed by atoms with van der Waals surface area (Å²) in [7, 11) is 0. The first-order chi connectivity index (χ1) is 10.4. The number of carbonyl (C=O) groups is 1. The number of aryl methyl sites for hydroxylation is 1. The highest BCUT2D eigenvalue weighted by Crippen LogP contribution is 2.16. The average Bonchev–Trinajstić information content (AvgIpc) is 2.46. The van der Waals surface area contributed by atoms with Gasteiger partial charge < -0.3 is 15.8 Å². The highest BCUT2D eigenvalue weighted by atomic mass is 16.5. The Hall–Kier alpha value is -1.55. The molecule has 0 fully saturated rings. The van der Waals surface area contributed by atoms with Crippen molar-refractivity contribution in [3.05, 3.63) is 29.8 Å². The van der Waals surface area contributed by atoms with Crippen LogP contribution in [0.3, 0.4) is 0 Å². The molecule has 1 rings (SSSR count). The lowest BCUT2D eigenvalue weighted by Gasteiger charge is -2.31. The van der Waals surface area contributed by atoms with Gasteiger partial charge in [0.1, 0.15) is 5.75 Å². The molecular formula is C18H30N2O2. The Morgan fingerprint density at radius 2 is 1.95 bits per heavy atom. The van der Waals surface area contributed by atoms with Gasteiger partial charge in [0.05, 0.1) is 6.61 Å². The maximum Gasteiger partial charge on any atom is 0.220 e. The van der Waals surface area contributed by atoms with E-state index in [2.05, 4.69) is 19.2 Å². The van der Waals surface area contributed by atoms with Crippen LogP contribution in [-0.4, -0.2) is 24.6 Å². The fourth-order valence-corrected chi connectivity index (χ4v) is 2.66. The monoisotopic (exact) mass is 306 g/mol. The van der Waals surface area contributed by atoms with Crippen molar-refractivity contribution in [3.8, 4) is 5.75 Å². The van der Waals surface area contributed by atoms with Crippen LogP contribution >= 0.6 is 0 Å². The third-order valence-corrected chi connectivity index (χ3v) is 3.63. The SMILES string of the molecule is CCOc1ccc(CCC(=O)NC(C)(CN)CC(C)C)cc1. The summed E-state index contributed by atoms with van der Waals surface area (Å²) in [5, 5.41) is 3.09. The molecule has 0 aromatic heterocycles. The topological polar surface area (TPSA) is 64.3 Å². The maximum atomic E-state index is 12.2. The van der Waals surface area contributed by atoms with Crippen molar-refractivity contribution in [1.29, 1.82) is 0 Å². The van der Waals surface area contributed by atoms with E-state index in [1.807, 2.05) is 38.1 Å². The Bertz CT molecular complexity index is 457. The molecule has 0 saturated carbocycles. The van der Waals surface area contributed by atoms with E-state index in [0.717, 1.165) is 24.2 Å². The van der Waals surface area contributed by atoms with Gasteiger partial charge in [-0.15, -0.1) is 0 Å². The summed E-state index contributed by atoms with van der Waals surface area (Å²) >= 11 is 0. The zero-order valence-corrected chi connectivity index (χ0v) is 14.3. The number of amides is 1. The molecule has 22 heavy (non-hydrogen) atoms. The van der Waals surface area contributed by atoms with Crippen molar-refractivity contribution in [2.45, 2.75) is 52.5 Å². The Morgan fingerprint density at radius 3 is 2.45 bits per heavy atom. The molecular weight excluding hydrogens is 276 g/mol. The molecule has 0 aliphatic carbocycles. The highest BCUT2D eigenvalue weighted by Gasteiger charge is 2.25. The van der Waals surface area contributed by atoms with Gasteiger partial charge in [-0.05, 0) is 50.3 Å². The molecule has 1 amide bonds. The molecule has 1 unspecified atom stereocenters. The molecule has 0 heterocycles. The molecule has 1 aromatic rings. The van der Waals surface area contributed by atoms with Gasteiger partial charge in [-0.3, -0.25) is 4.79 Å². The van der Waals surface area contributed by atoms with Gasteiger partial charge in [-0.1, -0.05) is 26.0 Å². The van der Waals surface area contributed by atoms with Gasteiger partial charge in [0, 0.05) is 18.5 Å². The summed E-state index contributed by atoms with van der Waals surface area (Å²) in [5.74, 6) is 1.42. The highest BCUT2D eigenvalue weighted by molar-refractivity contribution is 5.77. The minimum absolute atomic E-state index is 0.0579. The Balaban J connectivity index is 2.48. The number of carbonyl (C=O) groups excluding carboxylic acids is 1. The van der Waals surface area contributed by atoms with Crippen LogP contribution in [0, 0.1) is 5.92 Å². The normalized spacial score (nSPS) is 13.7. The van der Waals surface area contributed by atoms with E-state index >= 15 is 0 Å². The number of nitrogens with one attached hydrogen (secondary N) is 1. The Labute approximate surface area is 134 Å². The van der Waals surface area contributed by atoms with Gasteiger partial charge in [-0.2, -0.15) is 0 Å². The summed E-state index contributed by atoms with van der Waals surface area (Å²) in [6.07, 6.45) is 2.08. The number of hydrogen-bond acceptors (Lipinski definition) is 3. The predicted molar refractivity (Wildman–Crippen MR) is 91.0 cm³/mol. The molecule has 0 radical (unpaired) electrons. The largest absolute Gasteiger partial charge is 0.494 e. The van der Waals surface area contributed by atoms with Gasteiger partial charge in [0.15, 0.2) is 0 Å². The van der Waals surface area contributed by atoms with E-state index in [0.29, 0.717) is 25.5 Å². The molecule has 0 aliphatic heterocycles. The molecule has 124 valence electrons. The molecule has 1 atom stereocenters. The Morgan fingerprint density at radius 1 is 1.32 bits per heavy atom. The molecule has 1 aromatic carbocycles. The van der Waals surface area contributed by atoms with E-state index in [-0.39, 0.29) is 11.4 Å². The molecule has 0 spiro atoms. The zero-order chi connectivity index (χ0) is 16.6. The lowest BCUT2D eigenvalue weighted by Crippen LogP contribution is -2.52. The molecule has 0 saturated heterocycles. The quantitative estimate of drug-likeness (QED) is 0.737. The second-order valence-corrected chi connectivity index (χ2v) is 6.49. The van der Waals surface area contributed by atoms with E-state index in [1.54, 1.807) is 0 Å². The molecule has 3 N–H and O–H groups in total. The predicted octanol–water partition coefficient (Wildman–Crippen LogP) is 2.90. The van der Waals surface area contributed by atoms with Gasteiger partial charge in [0.25, 0.3) is 0 Å².